The average Bonchev–Trinajstić information content (AvgIpc) is 2.95. The van der Waals surface area contributed by atoms with Crippen LogP contribution in [0, 0.1) is 5.82 Å². The molecule has 0 aliphatic heterocycles. The molecule has 2 N–H and O–H groups in total. The molecule has 5 rings (SSSR count). The standard InChI is InChI=1S/C28H19F4N7/c29-25-17-35-27(38-26(25)20-11-19(13-33-14-20)18-5-2-1-3-6-18)39-36-16-23-9-10-24(15-34-23)37-22-8-4-7-21(12-22)28(30,31)32/h1-17,37H,(H,35,38,39)/b36-16+. The lowest BCUT2D eigenvalue weighted by Crippen LogP contribution is -2.05. The number of anilines is 3. The maximum absolute atomic E-state index is 14.6. The lowest BCUT2D eigenvalue weighted by atomic mass is 10.0. The zero-order valence-electron chi connectivity index (χ0n) is 20.1. The number of halogens is 4. The van der Waals surface area contributed by atoms with Crippen LogP contribution >= 0.6 is 0 Å². The minimum Gasteiger partial charge on any atom is -0.354 e. The average molecular weight is 530 g/mol. The van der Waals surface area contributed by atoms with E-state index >= 15 is 0 Å². The molecule has 3 heterocycles. The van der Waals surface area contributed by atoms with E-state index in [0.717, 1.165) is 29.5 Å². The number of pyridine rings is 2. The Bertz CT molecular complexity index is 1610. The lowest BCUT2D eigenvalue weighted by molar-refractivity contribution is -0.137. The van der Waals surface area contributed by atoms with Gasteiger partial charge in [-0.15, -0.1) is 0 Å². The molecule has 3 aromatic heterocycles. The molecule has 0 saturated carbocycles. The minimum atomic E-state index is -4.43. The minimum absolute atomic E-state index is 0.0654. The van der Waals surface area contributed by atoms with Crippen LogP contribution in [0.15, 0.2) is 103 Å². The number of alkyl halides is 3. The normalized spacial score (nSPS) is 11.5. The number of hydrazone groups is 1. The van der Waals surface area contributed by atoms with Crippen molar-refractivity contribution in [2.45, 2.75) is 6.18 Å². The first-order valence-corrected chi connectivity index (χ1v) is 11.6. The van der Waals surface area contributed by atoms with Crippen molar-refractivity contribution in [2.24, 2.45) is 5.10 Å². The van der Waals surface area contributed by atoms with Crippen LogP contribution in [0.5, 0.6) is 0 Å². The van der Waals surface area contributed by atoms with E-state index in [0.29, 0.717) is 16.9 Å². The Morgan fingerprint density at radius 3 is 2.33 bits per heavy atom. The van der Waals surface area contributed by atoms with E-state index in [2.05, 4.69) is 35.8 Å². The van der Waals surface area contributed by atoms with Gasteiger partial charge in [0.25, 0.3) is 0 Å². The van der Waals surface area contributed by atoms with Gasteiger partial charge in [0.05, 0.1) is 35.6 Å². The molecule has 11 heteroatoms. The molecule has 0 unspecified atom stereocenters. The molecule has 0 amide bonds. The highest BCUT2D eigenvalue weighted by molar-refractivity contribution is 5.78. The second-order valence-corrected chi connectivity index (χ2v) is 8.26. The summed E-state index contributed by atoms with van der Waals surface area (Å²) in [6, 6.07) is 19.5. The second-order valence-electron chi connectivity index (χ2n) is 8.26. The van der Waals surface area contributed by atoms with Crippen molar-refractivity contribution in [3.05, 3.63) is 115 Å². The Hall–Kier alpha value is -5.19. The summed E-state index contributed by atoms with van der Waals surface area (Å²) in [5.74, 6) is -0.544. The van der Waals surface area contributed by atoms with E-state index < -0.39 is 17.6 Å². The summed E-state index contributed by atoms with van der Waals surface area (Å²) in [7, 11) is 0. The zero-order valence-corrected chi connectivity index (χ0v) is 20.1. The van der Waals surface area contributed by atoms with Gasteiger partial charge < -0.3 is 5.32 Å². The first-order valence-electron chi connectivity index (χ1n) is 11.6. The van der Waals surface area contributed by atoms with Crippen LogP contribution in [0.3, 0.4) is 0 Å². The van der Waals surface area contributed by atoms with E-state index in [1.165, 1.54) is 30.7 Å². The summed E-state index contributed by atoms with van der Waals surface area (Å²) >= 11 is 0. The lowest BCUT2D eigenvalue weighted by Gasteiger charge is -2.10. The Morgan fingerprint density at radius 2 is 1.56 bits per heavy atom. The highest BCUT2D eigenvalue weighted by atomic mass is 19.4. The molecule has 0 bridgehead atoms. The number of rotatable bonds is 7. The van der Waals surface area contributed by atoms with Gasteiger partial charge in [-0.1, -0.05) is 36.4 Å². The molecule has 0 aliphatic carbocycles. The van der Waals surface area contributed by atoms with Gasteiger partial charge in [0.2, 0.25) is 5.95 Å². The number of hydrogen-bond donors (Lipinski definition) is 2. The Morgan fingerprint density at radius 1 is 0.744 bits per heavy atom. The first-order chi connectivity index (χ1) is 18.8. The molecule has 5 aromatic rings. The number of nitrogens with zero attached hydrogens (tertiary/aromatic N) is 5. The van der Waals surface area contributed by atoms with Crippen molar-refractivity contribution in [3.8, 4) is 22.4 Å². The van der Waals surface area contributed by atoms with Crippen molar-refractivity contribution >= 4 is 23.5 Å². The van der Waals surface area contributed by atoms with Gasteiger partial charge in [-0.05, 0) is 42.0 Å². The molecule has 0 saturated heterocycles. The van der Waals surface area contributed by atoms with Crippen LogP contribution in [0.2, 0.25) is 0 Å². The van der Waals surface area contributed by atoms with Crippen molar-refractivity contribution in [3.63, 3.8) is 0 Å². The third kappa shape index (κ3) is 6.39. The highest BCUT2D eigenvalue weighted by Gasteiger charge is 2.30. The van der Waals surface area contributed by atoms with Crippen molar-refractivity contribution in [1.29, 1.82) is 0 Å². The van der Waals surface area contributed by atoms with E-state index in [-0.39, 0.29) is 17.3 Å². The van der Waals surface area contributed by atoms with Crippen molar-refractivity contribution in [2.75, 3.05) is 10.7 Å². The fraction of sp³-hybridized carbons (Fsp3) is 0.0357. The third-order valence-corrected chi connectivity index (χ3v) is 5.49. The van der Waals surface area contributed by atoms with Gasteiger partial charge in [0.15, 0.2) is 5.82 Å². The predicted molar refractivity (Wildman–Crippen MR) is 141 cm³/mol. The first kappa shape index (κ1) is 25.5. The highest BCUT2D eigenvalue weighted by Crippen LogP contribution is 2.31. The van der Waals surface area contributed by atoms with Crippen LogP contribution in [0.1, 0.15) is 11.3 Å². The van der Waals surface area contributed by atoms with Gasteiger partial charge in [-0.2, -0.15) is 18.3 Å². The SMILES string of the molecule is Fc1cnc(N/N=C/c2ccc(Nc3cccc(C(F)(F)F)c3)cn2)nc1-c1cncc(-c2ccccc2)c1. The molecule has 0 atom stereocenters. The summed E-state index contributed by atoms with van der Waals surface area (Å²) in [5, 5.41) is 6.93. The molecule has 7 nitrogen and oxygen atoms in total. The maximum Gasteiger partial charge on any atom is 0.416 e. The topological polar surface area (TPSA) is 88.0 Å². The van der Waals surface area contributed by atoms with Crippen LogP contribution < -0.4 is 10.7 Å². The molecule has 194 valence electrons. The van der Waals surface area contributed by atoms with Gasteiger partial charge in [0.1, 0.15) is 5.69 Å². The van der Waals surface area contributed by atoms with Crippen LogP contribution in [0.25, 0.3) is 22.4 Å². The predicted octanol–water partition coefficient (Wildman–Crippen LogP) is 6.95. The van der Waals surface area contributed by atoms with E-state index in [1.54, 1.807) is 24.4 Å². The van der Waals surface area contributed by atoms with E-state index in [1.807, 2.05) is 30.3 Å². The van der Waals surface area contributed by atoms with Crippen LogP contribution in [-0.2, 0) is 6.18 Å². The Labute approximate surface area is 220 Å². The van der Waals surface area contributed by atoms with Crippen molar-refractivity contribution in [1.82, 2.24) is 19.9 Å². The van der Waals surface area contributed by atoms with Crippen LogP contribution in [0.4, 0.5) is 34.9 Å². The molecule has 0 aliphatic rings. The summed E-state index contributed by atoms with van der Waals surface area (Å²) < 4.78 is 53.3. The summed E-state index contributed by atoms with van der Waals surface area (Å²) in [5.41, 5.74) is 5.44. The number of nitrogens with one attached hydrogen (secondary N) is 2. The number of hydrogen-bond acceptors (Lipinski definition) is 7. The number of aromatic nitrogens is 4. The van der Waals surface area contributed by atoms with Crippen LogP contribution in [-0.4, -0.2) is 26.2 Å². The Balaban J connectivity index is 1.26. The quantitative estimate of drug-likeness (QED) is 0.135. The van der Waals surface area contributed by atoms with Gasteiger partial charge >= 0.3 is 6.18 Å². The fourth-order valence-corrected chi connectivity index (χ4v) is 3.63. The van der Waals surface area contributed by atoms with E-state index in [9.17, 15) is 17.6 Å². The van der Waals surface area contributed by atoms with Gasteiger partial charge in [-0.25, -0.2) is 19.8 Å². The fourth-order valence-electron chi connectivity index (χ4n) is 3.63. The zero-order chi connectivity index (χ0) is 27.2. The molecule has 0 spiro atoms. The summed E-state index contributed by atoms with van der Waals surface area (Å²) in [6.45, 7) is 0. The largest absolute Gasteiger partial charge is 0.416 e. The third-order valence-electron chi connectivity index (χ3n) is 5.49. The molecule has 39 heavy (non-hydrogen) atoms. The van der Waals surface area contributed by atoms with E-state index in [4.69, 9.17) is 0 Å². The van der Waals surface area contributed by atoms with Gasteiger partial charge in [-0.3, -0.25) is 9.97 Å². The maximum atomic E-state index is 14.6. The summed E-state index contributed by atoms with van der Waals surface area (Å²) in [6.07, 6.45) is 2.68. The molecule has 0 radical (unpaired) electrons. The molecule has 0 fully saturated rings. The number of benzene rings is 2. The van der Waals surface area contributed by atoms with Gasteiger partial charge in [0, 0.05) is 29.2 Å². The summed E-state index contributed by atoms with van der Waals surface area (Å²) in [4.78, 5) is 16.6. The monoisotopic (exact) mass is 529 g/mol. The molecular formula is C28H19F4N7. The Kier molecular flexibility index (Phi) is 7.21. The van der Waals surface area contributed by atoms with Crippen molar-refractivity contribution < 1.29 is 17.6 Å². The molecule has 2 aromatic carbocycles. The second kappa shape index (κ2) is 11.1. The smallest absolute Gasteiger partial charge is 0.354 e. The molecular weight excluding hydrogens is 510 g/mol.